The fourth-order valence-electron chi connectivity index (χ4n) is 2.59. The summed E-state index contributed by atoms with van der Waals surface area (Å²) in [7, 11) is 0. The van der Waals surface area contributed by atoms with Crippen LogP contribution in [0.1, 0.15) is 28.2 Å². The molecule has 0 N–H and O–H groups in total. The number of hydrogen-bond donors (Lipinski definition) is 0. The van der Waals surface area contributed by atoms with Crippen molar-refractivity contribution in [2.24, 2.45) is 0 Å². The van der Waals surface area contributed by atoms with E-state index in [1.54, 1.807) is 0 Å². The molecule has 1 amide bonds. The van der Waals surface area contributed by atoms with Crippen molar-refractivity contribution in [3.05, 3.63) is 38.0 Å². The standard InChI is InChI=1S/C13H10F3N3O4S/c14-13(15,16)7-5-8-10(9(6-7)19(22)23)24-12(18(8)21)11(20)17-3-1-2-4-17/h5-6H,1-4H2. The molecule has 2 heterocycles. The van der Waals surface area contributed by atoms with Gasteiger partial charge in [-0.1, -0.05) is 0 Å². The molecule has 0 saturated carbocycles. The molecular formula is C13H10F3N3O4S. The number of thiazole rings is 1. The van der Waals surface area contributed by atoms with Gasteiger partial charge in [-0.2, -0.15) is 13.2 Å². The largest absolute Gasteiger partial charge is 0.617 e. The third-order valence-corrected chi connectivity index (χ3v) is 4.91. The summed E-state index contributed by atoms with van der Waals surface area (Å²) in [4.78, 5) is 23.8. The second kappa shape index (κ2) is 5.58. The maximum atomic E-state index is 12.9. The van der Waals surface area contributed by atoms with Crippen molar-refractivity contribution in [1.82, 2.24) is 4.90 Å². The van der Waals surface area contributed by atoms with Crippen LogP contribution >= 0.6 is 11.3 Å². The zero-order valence-corrected chi connectivity index (χ0v) is 12.8. The van der Waals surface area contributed by atoms with E-state index in [2.05, 4.69) is 0 Å². The van der Waals surface area contributed by atoms with Gasteiger partial charge in [-0.3, -0.25) is 14.9 Å². The van der Waals surface area contributed by atoms with Crippen LogP contribution in [0.2, 0.25) is 0 Å². The average molecular weight is 361 g/mol. The number of hydrogen-bond acceptors (Lipinski definition) is 5. The highest BCUT2D eigenvalue weighted by Crippen LogP contribution is 2.38. The molecule has 0 atom stereocenters. The summed E-state index contributed by atoms with van der Waals surface area (Å²) in [5.41, 5.74) is -2.66. The van der Waals surface area contributed by atoms with E-state index in [1.807, 2.05) is 0 Å². The molecule has 1 aromatic heterocycles. The predicted molar refractivity (Wildman–Crippen MR) is 77.6 cm³/mol. The first kappa shape index (κ1) is 16.4. The number of alkyl halides is 3. The van der Waals surface area contributed by atoms with Gasteiger partial charge in [0.1, 0.15) is 0 Å². The first-order valence-electron chi connectivity index (χ1n) is 6.91. The Kier molecular flexibility index (Phi) is 3.82. The lowest BCUT2D eigenvalue weighted by Gasteiger charge is -2.11. The first-order chi connectivity index (χ1) is 11.2. The fraction of sp³-hybridized carbons (Fsp3) is 0.385. The zero-order chi connectivity index (χ0) is 17.6. The molecule has 1 saturated heterocycles. The third-order valence-electron chi connectivity index (χ3n) is 3.75. The second-order valence-electron chi connectivity index (χ2n) is 5.30. The molecule has 0 bridgehead atoms. The maximum absolute atomic E-state index is 12.9. The highest BCUT2D eigenvalue weighted by Gasteiger charge is 2.38. The minimum Gasteiger partial charge on any atom is -0.617 e. The van der Waals surface area contributed by atoms with Gasteiger partial charge in [0.2, 0.25) is 5.52 Å². The minimum atomic E-state index is -4.84. The summed E-state index contributed by atoms with van der Waals surface area (Å²) < 4.78 is 38.5. The molecule has 1 aliphatic heterocycles. The van der Waals surface area contributed by atoms with Crippen molar-refractivity contribution < 1.29 is 27.6 Å². The molecule has 1 aliphatic rings. The van der Waals surface area contributed by atoms with E-state index in [4.69, 9.17) is 0 Å². The van der Waals surface area contributed by atoms with E-state index in [9.17, 15) is 33.3 Å². The zero-order valence-electron chi connectivity index (χ0n) is 12.0. The Morgan fingerprint density at radius 1 is 1.29 bits per heavy atom. The number of benzene rings is 1. The monoisotopic (exact) mass is 361 g/mol. The third kappa shape index (κ3) is 2.64. The Labute approximate surface area is 136 Å². The molecule has 11 heteroatoms. The molecule has 1 aromatic carbocycles. The van der Waals surface area contributed by atoms with Crippen LogP contribution in [0.25, 0.3) is 10.2 Å². The Balaban J connectivity index is 2.21. The average Bonchev–Trinajstić information content (AvgIpc) is 3.13. The van der Waals surface area contributed by atoms with Crippen LogP contribution in [0.3, 0.4) is 0 Å². The number of nitro benzene ring substituents is 1. The molecule has 2 aromatic rings. The summed E-state index contributed by atoms with van der Waals surface area (Å²) in [5.74, 6) is -0.619. The van der Waals surface area contributed by atoms with Gasteiger partial charge in [0, 0.05) is 25.2 Å². The van der Waals surface area contributed by atoms with E-state index in [-0.39, 0.29) is 14.4 Å². The lowest BCUT2D eigenvalue weighted by molar-refractivity contribution is -0.574. The minimum absolute atomic E-state index is 0.0584. The van der Waals surface area contributed by atoms with Gasteiger partial charge in [-0.05, 0) is 24.2 Å². The number of non-ortho nitro benzene ring substituents is 1. The van der Waals surface area contributed by atoms with Gasteiger partial charge in [0.05, 0.1) is 10.5 Å². The van der Waals surface area contributed by atoms with Gasteiger partial charge in [0.25, 0.3) is 5.69 Å². The predicted octanol–water partition coefficient (Wildman–Crippen LogP) is 2.70. The molecule has 3 rings (SSSR count). The highest BCUT2D eigenvalue weighted by molar-refractivity contribution is 7.20. The van der Waals surface area contributed by atoms with Gasteiger partial charge < -0.3 is 10.1 Å². The molecule has 0 spiro atoms. The Morgan fingerprint density at radius 2 is 1.92 bits per heavy atom. The number of rotatable bonds is 2. The number of likely N-dealkylation sites (tertiary alicyclic amines) is 1. The summed E-state index contributed by atoms with van der Waals surface area (Å²) in [5, 5.41) is 23.0. The van der Waals surface area contributed by atoms with Crippen molar-refractivity contribution in [3.8, 4) is 0 Å². The maximum Gasteiger partial charge on any atom is 0.416 e. The van der Waals surface area contributed by atoms with Gasteiger partial charge in [-0.15, -0.1) is 4.73 Å². The Morgan fingerprint density at radius 3 is 2.46 bits per heavy atom. The number of carbonyl (C=O) groups is 1. The normalized spacial score (nSPS) is 15.2. The summed E-state index contributed by atoms with van der Waals surface area (Å²) in [6.07, 6.45) is -3.30. The molecule has 0 aliphatic carbocycles. The summed E-state index contributed by atoms with van der Waals surface area (Å²) >= 11 is 0.543. The van der Waals surface area contributed by atoms with Crippen molar-refractivity contribution in [1.29, 1.82) is 0 Å². The number of nitro groups is 1. The topological polar surface area (TPSA) is 90.4 Å². The SMILES string of the molecule is O=C(c1sc2c([N+](=O)[O-])cc(C(F)(F)F)cc2[n+]1[O-])N1CCCC1. The molecule has 128 valence electrons. The number of halogens is 3. The van der Waals surface area contributed by atoms with E-state index in [1.165, 1.54) is 4.90 Å². The Hall–Kier alpha value is -2.43. The van der Waals surface area contributed by atoms with Crippen LogP contribution in [0, 0.1) is 15.3 Å². The fourth-order valence-corrected chi connectivity index (χ4v) is 3.66. The van der Waals surface area contributed by atoms with Crippen molar-refractivity contribution in [2.75, 3.05) is 13.1 Å². The van der Waals surface area contributed by atoms with E-state index < -0.39 is 33.8 Å². The molecular weight excluding hydrogens is 351 g/mol. The first-order valence-corrected chi connectivity index (χ1v) is 7.73. The molecule has 0 radical (unpaired) electrons. The van der Waals surface area contributed by atoms with Crippen LogP contribution in [-0.2, 0) is 6.18 Å². The second-order valence-corrected chi connectivity index (χ2v) is 6.30. The van der Waals surface area contributed by atoms with Crippen LogP contribution in [0.5, 0.6) is 0 Å². The number of aromatic nitrogens is 1. The summed E-state index contributed by atoms with van der Waals surface area (Å²) in [6, 6.07) is 0.912. The molecule has 7 nitrogen and oxygen atoms in total. The quantitative estimate of drug-likeness (QED) is 0.356. The highest BCUT2D eigenvalue weighted by atomic mass is 32.1. The number of fused-ring (bicyclic) bond motifs is 1. The van der Waals surface area contributed by atoms with E-state index in [0.717, 1.165) is 12.8 Å². The van der Waals surface area contributed by atoms with E-state index >= 15 is 0 Å². The van der Waals surface area contributed by atoms with Gasteiger partial charge in [-0.25, -0.2) is 0 Å². The lowest BCUT2D eigenvalue weighted by atomic mass is 10.2. The number of amides is 1. The van der Waals surface area contributed by atoms with Crippen molar-refractivity contribution in [3.63, 3.8) is 0 Å². The van der Waals surface area contributed by atoms with Crippen LogP contribution in [0.4, 0.5) is 18.9 Å². The Bertz CT molecular complexity index is 843. The van der Waals surface area contributed by atoms with Gasteiger partial charge in [0.15, 0.2) is 4.70 Å². The summed E-state index contributed by atoms with van der Waals surface area (Å²) in [6.45, 7) is 0.895. The molecule has 0 unspecified atom stereocenters. The van der Waals surface area contributed by atoms with E-state index in [0.29, 0.717) is 36.6 Å². The number of nitrogens with zero attached hydrogens (tertiary/aromatic N) is 3. The van der Waals surface area contributed by atoms with Crippen molar-refractivity contribution >= 4 is 33.1 Å². The molecule has 1 fully saturated rings. The van der Waals surface area contributed by atoms with Crippen LogP contribution in [-0.4, -0.2) is 28.8 Å². The molecule has 24 heavy (non-hydrogen) atoms. The smallest absolute Gasteiger partial charge is 0.416 e. The van der Waals surface area contributed by atoms with Crippen LogP contribution < -0.4 is 4.73 Å². The van der Waals surface area contributed by atoms with Crippen molar-refractivity contribution in [2.45, 2.75) is 19.0 Å². The van der Waals surface area contributed by atoms with Gasteiger partial charge >= 0.3 is 17.1 Å². The number of carbonyl (C=O) groups excluding carboxylic acids is 1. The van der Waals surface area contributed by atoms with Crippen LogP contribution in [0.15, 0.2) is 12.1 Å². The lowest BCUT2D eigenvalue weighted by Crippen LogP contribution is -2.38.